The molecule has 0 spiro atoms. The average molecular weight is 388 g/mol. The van der Waals surface area contributed by atoms with E-state index in [0.29, 0.717) is 17.8 Å². The zero-order valence-electron chi connectivity index (χ0n) is 16.8. The summed E-state index contributed by atoms with van der Waals surface area (Å²) >= 11 is 0. The van der Waals surface area contributed by atoms with Crippen molar-refractivity contribution in [2.75, 3.05) is 11.9 Å². The third-order valence-corrected chi connectivity index (χ3v) is 4.48. The normalized spacial score (nSPS) is 10.9. The molecule has 29 heavy (non-hydrogen) atoms. The van der Waals surface area contributed by atoms with Gasteiger partial charge in [-0.15, -0.1) is 0 Å². The summed E-state index contributed by atoms with van der Waals surface area (Å²) in [7, 11) is 0. The van der Waals surface area contributed by atoms with Gasteiger partial charge in [0.05, 0.1) is 11.4 Å². The first kappa shape index (κ1) is 20.1. The maximum atomic E-state index is 12.4. The number of carbonyl (C=O) groups is 2. The van der Waals surface area contributed by atoms with E-state index < -0.39 is 0 Å². The molecule has 1 heterocycles. The van der Waals surface area contributed by atoms with Crippen molar-refractivity contribution in [1.82, 2.24) is 15.1 Å². The van der Waals surface area contributed by atoms with Crippen LogP contribution in [0, 0.1) is 13.8 Å². The molecule has 0 aliphatic rings. The minimum atomic E-state index is -0.274. The molecule has 6 heteroatoms. The number of para-hydroxylation sites is 1. The van der Waals surface area contributed by atoms with Gasteiger partial charge in [0, 0.05) is 35.1 Å². The predicted octanol–water partition coefficient (Wildman–Crippen LogP) is 3.89. The van der Waals surface area contributed by atoms with Gasteiger partial charge < -0.3 is 10.6 Å². The summed E-state index contributed by atoms with van der Waals surface area (Å²) in [5.41, 5.74) is 4.74. The van der Waals surface area contributed by atoms with Crippen molar-refractivity contribution in [3.8, 4) is 5.69 Å². The van der Waals surface area contributed by atoms with E-state index in [1.54, 1.807) is 30.3 Å². The van der Waals surface area contributed by atoms with Crippen LogP contribution in [0.5, 0.6) is 0 Å². The lowest BCUT2D eigenvalue weighted by molar-refractivity contribution is -0.111. The number of hydrogen-bond donors (Lipinski definition) is 2. The van der Waals surface area contributed by atoms with Crippen molar-refractivity contribution < 1.29 is 9.59 Å². The Hall–Kier alpha value is -3.67. The molecule has 2 amide bonds. The van der Waals surface area contributed by atoms with Crippen LogP contribution >= 0.6 is 0 Å². The number of nitrogens with one attached hydrogen (secondary N) is 2. The SMILES string of the molecule is CCNC(=O)c1cccc(NC(=O)C=Cc2c(C)nn(-c3ccccc3)c2C)c1. The van der Waals surface area contributed by atoms with Gasteiger partial charge in [0.15, 0.2) is 0 Å². The van der Waals surface area contributed by atoms with E-state index >= 15 is 0 Å². The average Bonchev–Trinajstić information content (AvgIpc) is 3.01. The van der Waals surface area contributed by atoms with Gasteiger partial charge in [-0.25, -0.2) is 4.68 Å². The number of rotatable bonds is 6. The molecule has 148 valence electrons. The Kier molecular flexibility index (Phi) is 6.24. The molecule has 0 unspecified atom stereocenters. The Labute approximate surface area is 170 Å². The van der Waals surface area contributed by atoms with E-state index in [0.717, 1.165) is 22.6 Å². The van der Waals surface area contributed by atoms with E-state index in [2.05, 4.69) is 15.7 Å². The van der Waals surface area contributed by atoms with Crippen molar-refractivity contribution in [2.24, 2.45) is 0 Å². The second kappa shape index (κ2) is 9.01. The van der Waals surface area contributed by atoms with E-state index in [9.17, 15) is 9.59 Å². The fourth-order valence-electron chi connectivity index (χ4n) is 3.06. The maximum Gasteiger partial charge on any atom is 0.251 e. The topological polar surface area (TPSA) is 76.0 Å². The third kappa shape index (κ3) is 4.79. The van der Waals surface area contributed by atoms with E-state index in [1.807, 2.05) is 55.8 Å². The molecule has 0 saturated carbocycles. The molecule has 0 atom stereocenters. The van der Waals surface area contributed by atoms with Crippen LogP contribution in [0.25, 0.3) is 11.8 Å². The Morgan fingerprint density at radius 2 is 1.83 bits per heavy atom. The molecular weight excluding hydrogens is 364 g/mol. The maximum absolute atomic E-state index is 12.4. The van der Waals surface area contributed by atoms with Crippen LogP contribution in [0.3, 0.4) is 0 Å². The molecule has 0 fully saturated rings. The van der Waals surface area contributed by atoms with Gasteiger partial charge in [0.2, 0.25) is 5.91 Å². The predicted molar refractivity (Wildman–Crippen MR) is 115 cm³/mol. The van der Waals surface area contributed by atoms with Gasteiger partial charge in [-0.1, -0.05) is 24.3 Å². The standard InChI is InChI=1S/C23H24N4O2/c1-4-24-23(29)18-9-8-10-19(15-18)25-22(28)14-13-21-16(2)26-27(17(21)3)20-11-6-5-7-12-20/h5-15H,4H2,1-3H3,(H,24,29)(H,25,28). The van der Waals surface area contributed by atoms with Crippen LogP contribution in [0.15, 0.2) is 60.7 Å². The number of carbonyl (C=O) groups excluding carboxylic acids is 2. The van der Waals surface area contributed by atoms with Gasteiger partial charge in [0.1, 0.15) is 0 Å². The molecule has 6 nitrogen and oxygen atoms in total. The minimum Gasteiger partial charge on any atom is -0.352 e. The van der Waals surface area contributed by atoms with Crippen LogP contribution in [0.4, 0.5) is 5.69 Å². The molecule has 2 aromatic carbocycles. The van der Waals surface area contributed by atoms with Crippen LogP contribution < -0.4 is 10.6 Å². The molecule has 1 aromatic heterocycles. The fraction of sp³-hybridized carbons (Fsp3) is 0.174. The zero-order chi connectivity index (χ0) is 20.8. The van der Waals surface area contributed by atoms with Gasteiger partial charge in [-0.2, -0.15) is 5.10 Å². The second-order valence-electron chi connectivity index (χ2n) is 6.59. The molecular formula is C23H24N4O2. The highest BCUT2D eigenvalue weighted by molar-refractivity contribution is 6.03. The van der Waals surface area contributed by atoms with Crippen molar-refractivity contribution >= 4 is 23.6 Å². The summed E-state index contributed by atoms with van der Waals surface area (Å²) < 4.78 is 1.86. The van der Waals surface area contributed by atoms with Gasteiger partial charge in [0.25, 0.3) is 5.91 Å². The first-order chi connectivity index (χ1) is 14.0. The highest BCUT2D eigenvalue weighted by Gasteiger charge is 2.11. The summed E-state index contributed by atoms with van der Waals surface area (Å²) in [6, 6.07) is 16.7. The van der Waals surface area contributed by atoms with Crippen LogP contribution in [-0.2, 0) is 4.79 Å². The highest BCUT2D eigenvalue weighted by atomic mass is 16.2. The number of aromatic nitrogens is 2. The summed E-state index contributed by atoms with van der Waals surface area (Å²) in [5, 5.41) is 10.1. The monoisotopic (exact) mass is 388 g/mol. The summed E-state index contributed by atoms with van der Waals surface area (Å²) in [5.74, 6) is -0.442. The largest absolute Gasteiger partial charge is 0.352 e. The molecule has 3 rings (SSSR count). The Morgan fingerprint density at radius 3 is 2.55 bits per heavy atom. The number of nitrogens with zero attached hydrogens (tertiary/aromatic N) is 2. The molecule has 0 aliphatic heterocycles. The highest BCUT2D eigenvalue weighted by Crippen LogP contribution is 2.19. The smallest absolute Gasteiger partial charge is 0.251 e. The van der Waals surface area contributed by atoms with Crippen molar-refractivity contribution in [2.45, 2.75) is 20.8 Å². The van der Waals surface area contributed by atoms with Crippen LogP contribution in [-0.4, -0.2) is 28.1 Å². The van der Waals surface area contributed by atoms with E-state index in [1.165, 1.54) is 6.08 Å². The molecule has 0 bridgehead atoms. The number of aryl methyl sites for hydroxylation is 1. The molecule has 3 aromatic rings. The first-order valence-electron chi connectivity index (χ1n) is 9.48. The Bertz CT molecular complexity index is 1050. The second-order valence-corrected chi connectivity index (χ2v) is 6.59. The van der Waals surface area contributed by atoms with Gasteiger partial charge in [-0.05, 0) is 57.2 Å². The quantitative estimate of drug-likeness (QED) is 0.629. The lowest BCUT2D eigenvalue weighted by Crippen LogP contribution is -2.22. The number of hydrogen-bond acceptors (Lipinski definition) is 3. The lowest BCUT2D eigenvalue weighted by Gasteiger charge is -2.06. The number of benzene rings is 2. The Morgan fingerprint density at radius 1 is 1.07 bits per heavy atom. The zero-order valence-corrected chi connectivity index (χ0v) is 16.8. The van der Waals surface area contributed by atoms with Gasteiger partial charge in [-0.3, -0.25) is 9.59 Å². The fourth-order valence-corrected chi connectivity index (χ4v) is 3.06. The van der Waals surface area contributed by atoms with Gasteiger partial charge >= 0.3 is 0 Å². The third-order valence-electron chi connectivity index (χ3n) is 4.48. The molecule has 2 N–H and O–H groups in total. The summed E-state index contributed by atoms with van der Waals surface area (Å²) in [4.78, 5) is 24.3. The van der Waals surface area contributed by atoms with Crippen LogP contribution in [0.1, 0.15) is 34.2 Å². The molecule has 0 saturated heterocycles. The van der Waals surface area contributed by atoms with E-state index in [-0.39, 0.29) is 11.8 Å². The Balaban J connectivity index is 1.74. The van der Waals surface area contributed by atoms with E-state index in [4.69, 9.17) is 0 Å². The van der Waals surface area contributed by atoms with Crippen molar-refractivity contribution in [3.63, 3.8) is 0 Å². The number of anilines is 1. The number of amides is 2. The minimum absolute atomic E-state index is 0.168. The lowest BCUT2D eigenvalue weighted by atomic mass is 10.1. The van der Waals surface area contributed by atoms with Crippen LogP contribution in [0.2, 0.25) is 0 Å². The van der Waals surface area contributed by atoms with Crippen molar-refractivity contribution in [1.29, 1.82) is 0 Å². The first-order valence-corrected chi connectivity index (χ1v) is 9.48. The molecule has 0 aliphatic carbocycles. The molecule has 0 radical (unpaired) electrons. The summed E-state index contributed by atoms with van der Waals surface area (Å²) in [6.45, 7) is 6.30. The summed E-state index contributed by atoms with van der Waals surface area (Å²) in [6.07, 6.45) is 3.24. The van der Waals surface area contributed by atoms with Crippen molar-refractivity contribution in [3.05, 3.63) is 83.2 Å².